The molecule has 1 aliphatic rings. The zero-order chi connectivity index (χ0) is 20.3. The molecule has 0 unspecified atom stereocenters. The standard InChI is InChI=1S/C19H16N2O7/c1-25-15-7-5-12(21(23)24)10-13(15)18-20-14(19(22)28-18)8-11-4-6-16(26-2)17(9-11)27-3/h4-10H,1-3H3/b14-8+. The van der Waals surface area contributed by atoms with Crippen LogP contribution in [0.5, 0.6) is 17.2 Å². The van der Waals surface area contributed by atoms with Crippen molar-refractivity contribution in [3.8, 4) is 17.2 Å². The van der Waals surface area contributed by atoms with E-state index in [9.17, 15) is 14.9 Å². The number of hydrogen-bond donors (Lipinski definition) is 0. The van der Waals surface area contributed by atoms with Crippen molar-refractivity contribution in [1.29, 1.82) is 0 Å². The van der Waals surface area contributed by atoms with E-state index >= 15 is 0 Å². The van der Waals surface area contributed by atoms with Gasteiger partial charge in [-0.2, -0.15) is 0 Å². The molecule has 9 nitrogen and oxygen atoms in total. The summed E-state index contributed by atoms with van der Waals surface area (Å²) in [6.45, 7) is 0. The fourth-order valence-electron chi connectivity index (χ4n) is 2.60. The number of nitrogens with zero attached hydrogens (tertiary/aromatic N) is 2. The molecule has 2 aromatic rings. The first-order valence-corrected chi connectivity index (χ1v) is 8.04. The van der Waals surface area contributed by atoms with Crippen molar-refractivity contribution in [2.24, 2.45) is 4.99 Å². The highest BCUT2D eigenvalue weighted by Gasteiger charge is 2.28. The Morgan fingerprint density at radius 3 is 2.32 bits per heavy atom. The van der Waals surface area contributed by atoms with Crippen LogP contribution in [0.25, 0.3) is 6.08 Å². The molecule has 0 amide bonds. The maximum Gasteiger partial charge on any atom is 0.363 e. The van der Waals surface area contributed by atoms with Gasteiger partial charge >= 0.3 is 5.97 Å². The molecule has 0 fully saturated rings. The van der Waals surface area contributed by atoms with Gasteiger partial charge in [-0.1, -0.05) is 6.07 Å². The summed E-state index contributed by atoms with van der Waals surface area (Å²) < 4.78 is 20.8. The van der Waals surface area contributed by atoms with Gasteiger partial charge in [0.2, 0.25) is 5.90 Å². The van der Waals surface area contributed by atoms with Gasteiger partial charge in [-0.05, 0) is 29.8 Å². The highest BCUT2D eigenvalue weighted by molar-refractivity contribution is 6.14. The highest BCUT2D eigenvalue weighted by Crippen LogP contribution is 2.31. The van der Waals surface area contributed by atoms with E-state index in [1.165, 1.54) is 45.6 Å². The lowest BCUT2D eigenvalue weighted by molar-refractivity contribution is -0.384. The van der Waals surface area contributed by atoms with Crippen molar-refractivity contribution in [3.05, 3.63) is 63.3 Å². The van der Waals surface area contributed by atoms with Crippen LogP contribution in [-0.2, 0) is 9.53 Å². The van der Waals surface area contributed by atoms with Crippen molar-refractivity contribution in [1.82, 2.24) is 0 Å². The lowest BCUT2D eigenvalue weighted by Gasteiger charge is -2.07. The van der Waals surface area contributed by atoms with E-state index < -0.39 is 10.9 Å². The molecule has 0 spiro atoms. The summed E-state index contributed by atoms with van der Waals surface area (Å²) in [6, 6.07) is 9.05. The largest absolute Gasteiger partial charge is 0.496 e. The van der Waals surface area contributed by atoms with E-state index in [2.05, 4.69) is 4.99 Å². The first kappa shape index (κ1) is 18.9. The molecule has 28 heavy (non-hydrogen) atoms. The van der Waals surface area contributed by atoms with E-state index in [0.29, 0.717) is 22.8 Å². The second-order valence-corrected chi connectivity index (χ2v) is 5.59. The van der Waals surface area contributed by atoms with Gasteiger partial charge < -0.3 is 18.9 Å². The van der Waals surface area contributed by atoms with E-state index in [4.69, 9.17) is 18.9 Å². The molecule has 0 N–H and O–H groups in total. The third-order valence-corrected chi connectivity index (χ3v) is 3.96. The Labute approximate surface area is 160 Å². The number of hydrogen-bond acceptors (Lipinski definition) is 8. The van der Waals surface area contributed by atoms with Gasteiger partial charge in [0.1, 0.15) is 5.75 Å². The molecule has 0 radical (unpaired) electrons. The molecule has 1 heterocycles. The molecule has 0 aromatic heterocycles. The van der Waals surface area contributed by atoms with Gasteiger partial charge in [0.25, 0.3) is 5.69 Å². The van der Waals surface area contributed by atoms with Gasteiger partial charge in [-0.25, -0.2) is 9.79 Å². The predicted octanol–water partition coefficient (Wildman–Crippen LogP) is 2.97. The number of carbonyl (C=O) groups excluding carboxylic acids is 1. The Morgan fingerprint density at radius 1 is 1.00 bits per heavy atom. The number of carbonyl (C=O) groups is 1. The summed E-state index contributed by atoms with van der Waals surface area (Å²) in [5.74, 6) is 0.581. The number of ether oxygens (including phenoxy) is 4. The number of methoxy groups -OCH3 is 3. The molecule has 0 aliphatic carbocycles. The molecule has 144 valence electrons. The van der Waals surface area contributed by atoms with E-state index in [1.807, 2.05) is 0 Å². The third kappa shape index (κ3) is 3.63. The van der Waals surface area contributed by atoms with Gasteiger partial charge in [-0.3, -0.25) is 10.1 Å². The summed E-state index contributed by atoms with van der Waals surface area (Å²) in [6.07, 6.45) is 1.52. The number of aliphatic imine (C=N–C) groups is 1. The molecular formula is C19H16N2O7. The second kappa shape index (κ2) is 7.78. The van der Waals surface area contributed by atoms with Crippen LogP contribution >= 0.6 is 0 Å². The lowest BCUT2D eigenvalue weighted by Crippen LogP contribution is -2.07. The quantitative estimate of drug-likeness (QED) is 0.326. The zero-order valence-electron chi connectivity index (χ0n) is 15.3. The van der Waals surface area contributed by atoms with Crippen LogP contribution in [0.4, 0.5) is 5.69 Å². The molecule has 1 aliphatic heterocycles. The Hall–Kier alpha value is -3.88. The van der Waals surface area contributed by atoms with Crippen LogP contribution in [0.15, 0.2) is 47.1 Å². The van der Waals surface area contributed by atoms with Crippen LogP contribution in [-0.4, -0.2) is 38.1 Å². The molecule has 0 atom stereocenters. The fourth-order valence-corrected chi connectivity index (χ4v) is 2.60. The highest BCUT2D eigenvalue weighted by atomic mass is 16.6. The van der Waals surface area contributed by atoms with Crippen LogP contribution in [0.2, 0.25) is 0 Å². The van der Waals surface area contributed by atoms with Crippen LogP contribution in [0.3, 0.4) is 0 Å². The number of cyclic esters (lactones) is 1. The van der Waals surface area contributed by atoms with E-state index in [0.717, 1.165) is 0 Å². The van der Waals surface area contributed by atoms with Crippen LogP contribution in [0.1, 0.15) is 11.1 Å². The summed E-state index contributed by atoms with van der Waals surface area (Å²) in [4.78, 5) is 26.9. The predicted molar refractivity (Wildman–Crippen MR) is 99.8 cm³/mol. The van der Waals surface area contributed by atoms with Crippen molar-refractivity contribution in [3.63, 3.8) is 0 Å². The average Bonchev–Trinajstić information content (AvgIpc) is 3.07. The minimum atomic E-state index is -0.682. The number of nitro benzene ring substituents is 1. The topological polar surface area (TPSA) is 109 Å². The molecule has 0 saturated heterocycles. The third-order valence-electron chi connectivity index (χ3n) is 3.96. The number of rotatable bonds is 6. The Kier molecular flexibility index (Phi) is 5.25. The maximum absolute atomic E-state index is 12.2. The summed E-state index contributed by atoms with van der Waals surface area (Å²) in [5.41, 5.74) is 0.712. The normalized spacial score (nSPS) is 14.5. The Bertz CT molecular complexity index is 1010. The molecule has 0 bridgehead atoms. The monoisotopic (exact) mass is 384 g/mol. The van der Waals surface area contributed by atoms with Crippen molar-refractivity contribution >= 4 is 23.6 Å². The van der Waals surface area contributed by atoms with Gasteiger partial charge in [0.15, 0.2) is 17.2 Å². The van der Waals surface area contributed by atoms with Crippen molar-refractivity contribution in [2.75, 3.05) is 21.3 Å². The number of non-ortho nitro benzene ring substituents is 1. The molecule has 0 saturated carbocycles. The second-order valence-electron chi connectivity index (χ2n) is 5.59. The molecule has 9 heteroatoms. The van der Waals surface area contributed by atoms with Crippen molar-refractivity contribution in [2.45, 2.75) is 0 Å². The smallest absolute Gasteiger partial charge is 0.363 e. The van der Waals surface area contributed by atoms with Crippen LogP contribution in [0, 0.1) is 10.1 Å². The van der Waals surface area contributed by atoms with Crippen molar-refractivity contribution < 1.29 is 28.7 Å². The first-order chi connectivity index (χ1) is 13.5. The summed E-state index contributed by atoms with van der Waals surface area (Å²) >= 11 is 0. The number of esters is 1. The summed E-state index contributed by atoms with van der Waals surface area (Å²) in [5, 5.41) is 11.0. The SMILES string of the molecule is COc1ccc(/C=C2/N=C(c3cc([N+](=O)[O-])ccc3OC)OC2=O)cc1OC. The first-order valence-electron chi connectivity index (χ1n) is 8.04. The van der Waals surface area contributed by atoms with Gasteiger partial charge in [0, 0.05) is 12.1 Å². The van der Waals surface area contributed by atoms with Gasteiger partial charge in [-0.15, -0.1) is 0 Å². The minimum absolute atomic E-state index is 0.0378. The molecular weight excluding hydrogens is 368 g/mol. The van der Waals surface area contributed by atoms with Gasteiger partial charge in [0.05, 0.1) is 31.8 Å². The molecule has 2 aromatic carbocycles. The number of nitro groups is 1. The van der Waals surface area contributed by atoms with E-state index in [-0.39, 0.29) is 22.8 Å². The Morgan fingerprint density at radius 2 is 1.68 bits per heavy atom. The summed E-state index contributed by atoms with van der Waals surface area (Å²) in [7, 11) is 4.43. The fraction of sp³-hybridized carbons (Fsp3) is 0.158. The molecule has 3 rings (SSSR count). The zero-order valence-corrected chi connectivity index (χ0v) is 15.3. The lowest BCUT2D eigenvalue weighted by atomic mass is 10.1. The maximum atomic E-state index is 12.2. The average molecular weight is 384 g/mol. The Balaban J connectivity index is 2.01. The minimum Gasteiger partial charge on any atom is -0.496 e. The van der Waals surface area contributed by atoms with Crippen LogP contribution < -0.4 is 14.2 Å². The van der Waals surface area contributed by atoms with E-state index in [1.54, 1.807) is 18.2 Å². The number of benzene rings is 2.